The highest BCUT2D eigenvalue weighted by atomic mass is 19.2. The van der Waals surface area contributed by atoms with Gasteiger partial charge in [-0.15, -0.1) is 0 Å². The van der Waals surface area contributed by atoms with E-state index in [4.69, 9.17) is 9.47 Å². The van der Waals surface area contributed by atoms with Crippen LogP contribution < -0.4 is 9.47 Å². The topological polar surface area (TPSA) is 38.7 Å². The van der Waals surface area contributed by atoms with Crippen molar-refractivity contribution in [1.82, 2.24) is 0 Å². The van der Waals surface area contributed by atoms with Crippen LogP contribution in [0.3, 0.4) is 0 Å². The van der Waals surface area contributed by atoms with Crippen LogP contribution in [0, 0.1) is 11.6 Å². The molecule has 2 rings (SSSR count). The molecule has 15 heavy (non-hydrogen) atoms. The second-order valence-electron chi connectivity index (χ2n) is 3.40. The highest BCUT2D eigenvalue weighted by molar-refractivity contribution is 5.42. The van der Waals surface area contributed by atoms with Gasteiger partial charge in [-0.1, -0.05) is 6.92 Å². The molecule has 0 radical (unpaired) electrons. The molecular weight excluding hydrogens is 206 g/mol. The predicted octanol–water partition coefficient (Wildman–Crippen LogP) is 1.83. The molecule has 1 N–H and O–H groups in total. The van der Waals surface area contributed by atoms with E-state index < -0.39 is 17.4 Å². The molecule has 1 aromatic rings. The van der Waals surface area contributed by atoms with Crippen LogP contribution in [0.1, 0.15) is 13.3 Å². The number of halogens is 2. The van der Waals surface area contributed by atoms with Gasteiger partial charge in [0.05, 0.1) is 0 Å². The minimum Gasteiger partial charge on any atom is -0.483 e. The maximum Gasteiger partial charge on any atom is 0.242 e. The van der Waals surface area contributed by atoms with Crippen molar-refractivity contribution in [3.63, 3.8) is 0 Å². The van der Waals surface area contributed by atoms with Crippen LogP contribution in [-0.4, -0.2) is 17.5 Å². The third-order valence-electron chi connectivity index (χ3n) is 2.29. The minimum absolute atomic E-state index is 0.0181. The van der Waals surface area contributed by atoms with E-state index in [-0.39, 0.29) is 18.1 Å². The van der Waals surface area contributed by atoms with Gasteiger partial charge in [-0.05, 0) is 0 Å². The lowest BCUT2D eigenvalue weighted by atomic mass is 10.2. The van der Waals surface area contributed by atoms with Crippen LogP contribution >= 0.6 is 0 Å². The first-order valence-corrected chi connectivity index (χ1v) is 4.57. The van der Waals surface area contributed by atoms with Crippen LogP contribution in [0.15, 0.2) is 12.1 Å². The zero-order valence-corrected chi connectivity index (χ0v) is 8.09. The van der Waals surface area contributed by atoms with Gasteiger partial charge in [-0.3, -0.25) is 0 Å². The molecule has 0 aliphatic carbocycles. The Morgan fingerprint density at radius 2 is 1.93 bits per heavy atom. The van der Waals surface area contributed by atoms with E-state index in [1.54, 1.807) is 6.92 Å². The van der Waals surface area contributed by atoms with Crippen molar-refractivity contribution >= 4 is 0 Å². The number of ether oxygens (including phenoxy) is 2. The summed E-state index contributed by atoms with van der Waals surface area (Å²) in [5.74, 6) is -3.37. The fraction of sp³-hybridized carbons (Fsp3) is 0.400. The summed E-state index contributed by atoms with van der Waals surface area (Å²) in [4.78, 5) is 0. The minimum atomic E-state index is -1.46. The highest BCUT2D eigenvalue weighted by Gasteiger charge is 2.34. The lowest BCUT2D eigenvalue weighted by molar-refractivity contribution is -0.175. The average Bonchev–Trinajstić information content (AvgIpc) is 2.21. The zero-order chi connectivity index (χ0) is 11.1. The summed E-state index contributed by atoms with van der Waals surface area (Å²) in [6.45, 7) is 1.61. The number of benzene rings is 1. The molecule has 5 heteroatoms. The molecule has 1 heterocycles. The van der Waals surface area contributed by atoms with Crippen LogP contribution in [0.2, 0.25) is 0 Å². The number of aliphatic hydroxyl groups is 1. The predicted molar refractivity (Wildman–Crippen MR) is 47.7 cm³/mol. The van der Waals surface area contributed by atoms with Gasteiger partial charge in [0, 0.05) is 18.6 Å². The van der Waals surface area contributed by atoms with Crippen LogP contribution in [0.25, 0.3) is 0 Å². The number of hydrogen-bond donors (Lipinski definition) is 1. The molecule has 82 valence electrons. The number of hydrogen-bond acceptors (Lipinski definition) is 3. The summed E-state index contributed by atoms with van der Waals surface area (Å²) >= 11 is 0. The normalized spacial score (nSPS) is 24.0. The Morgan fingerprint density at radius 1 is 1.33 bits per heavy atom. The molecule has 0 bridgehead atoms. The second-order valence-corrected chi connectivity index (χ2v) is 3.40. The highest BCUT2D eigenvalue weighted by Crippen LogP contribution is 2.36. The van der Waals surface area contributed by atoms with Crippen molar-refractivity contribution in [3.05, 3.63) is 23.8 Å². The van der Waals surface area contributed by atoms with Crippen molar-refractivity contribution < 1.29 is 23.4 Å². The summed E-state index contributed by atoms with van der Waals surface area (Å²) in [5.41, 5.74) is 0. The van der Waals surface area contributed by atoms with E-state index in [1.165, 1.54) is 0 Å². The first-order valence-electron chi connectivity index (χ1n) is 4.57. The molecule has 0 saturated heterocycles. The summed E-state index contributed by atoms with van der Waals surface area (Å²) in [6, 6.07) is 1.77. The van der Waals surface area contributed by atoms with Gasteiger partial charge in [0.15, 0.2) is 29.7 Å². The molecule has 1 aliphatic heterocycles. The largest absolute Gasteiger partial charge is 0.483 e. The Bertz CT molecular complexity index is 394. The summed E-state index contributed by atoms with van der Waals surface area (Å²) in [6.07, 6.45) is 0.297. The summed E-state index contributed by atoms with van der Waals surface area (Å²) in [7, 11) is 0. The Kier molecular flexibility index (Phi) is 2.26. The van der Waals surface area contributed by atoms with Crippen molar-refractivity contribution in [2.45, 2.75) is 19.1 Å². The summed E-state index contributed by atoms with van der Waals surface area (Å²) in [5, 5.41) is 9.72. The van der Waals surface area contributed by atoms with Gasteiger partial charge >= 0.3 is 0 Å². The molecule has 0 unspecified atom stereocenters. The maximum absolute atomic E-state index is 12.9. The third kappa shape index (κ3) is 1.74. The van der Waals surface area contributed by atoms with Gasteiger partial charge in [0.1, 0.15) is 0 Å². The quantitative estimate of drug-likeness (QED) is 0.778. The van der Waals surface area contributed by atoms with E-state index in [0.29, 0.717) is 6.42 Å². The van der Waals surface area contributed by atoms with Gasteiger partial charge in [0.2, 0.25) is 5.79 Å². The van der Waals surface area contributed by atoms with Crippen LogP contribution in [0.5, 0.6) is 11.5 Å². The van der Waals surface area contributed by atoms with E-state index in [0.717, 1.165) is 12.1 Å². The van der Waals surface area contributed by atoms with Gasteiger partial charge in [-0.2, -0.15) is 0 Å². The maximum atomic E-state index is 12.9. The van der Waals surface area contributed by atoms with E-state index >= 15 is 0 Å². The van der Waals surface area contributed by atoms with Crippen LogP contribution in [0.4, 0.5) is 8.78 Å². The Morgan fingerprint density at radius 3 is 2.53 bits per heavy atom. The van der Waals surface area contributed by atoms with E-state index in [9.17, 15) is 13.9 Å². The smallest absolute Gasteiger partial charge is 0.242 e. The van der Waals surface area contributed by atoms with Crippen molar-refractivity contribution in [2.75, 3.05) is 6.61 Å². The van der Waals surface area contributed by atoms with Gasteiger partial charge in [0.25, 0.3) is 0 Å². The molecule has 3 nitrogen and oxygen atoms in total. The van der Waals surface area contributed by atoms with E-state index in [2.05, 4.69) is 0 Å². The van der Waals surface area contributed by atoms with Crippen molar-refractivity contribution in [1.29, 1.82) is 0 Å². The molecule has 0 fully saturated rings. The Hall–Kier alpha value is -1.36. The average molecular weight is 216 g/mol. The first-order chi connectivity index (χ1) is 7.04. The van der Waals surface area contributed by atoms with E-state index in [1.807, 2.05) is 0 Å². The molecule has 1 aliphatic rings. The number of fused-ring (bicyclic) bond motifs is 1. The zero-order valence-electron chi connectivity index (χ0n) is 8.09. The Labute approximate surface area is 85.2 Å². The molecule has 1 atom stereocenters. The Balaban J connectivity index is 2.38. The molecule has 0 saturated carbocycles. The SMILES string of the molecule is CC[C@]1(O)COc2cc(F)c(F)cc2O1. The molecule has 1 aromatic carbocycles. The first kappa shape index (κ1) is 10.2. The number of rotatable bonds is 1. The molecule has 0 spiro atoms. The van der Waals surface area contributed by atoms with Gasteiger partial charge in [-0.25, -0.2) is 8.78 Å². The lowest BCUT2D eigenvalue weighted by Crippen LogP contribution is -2.44. The van der Waals surface area contributed by atoms with Crippen molar-refractivity contribution in [3.8, 4) is 11.5 Å². The lowest BCUT2D eigenvalue weighted by Gasteiger charge is -2.33. The fourth-order valence-corrected chi connectivity index (χ4v) is 1.30. The second kappa shape index (κ2) is 3.34. The van der Waals surface area contributed by atoms with Gasteiger partial charge < -0.3 is 14.6 Å². The molecule has 0 aromatic heterocycles. The fourth-order valence-electron chi connectivity index (χ4n) is 1.30. The van der Waals surface area contributed by atoms with Crippen LogP contribution in [-0.2, 0) is 0 Å². The molecule has 0 amide bonds. The summed E-state index contributed by atoms with van der Waals surface area (Å²) < 4.78 is 35.9. The monoisotopic (exact) mass is 216 g/mol. The standard InChI is InChI=1S/C10H10F2O3/c1-2-10(13)5-14-8-3-6(11)7(12)4-9(8)15-10/h3-4,13H,2,5H2,1H3/t10-/m1/s1. The van der Waals surface area contributed by atoms with Crippen molar-refractivity contribution in [2.24, 2.45) is 0 Å². The molecular formula is C10H10F2O3. The third-order valence-corrected chi connectivity index (χ3v) is 2.29.